The number of carbonyl (C=O) groups is 2. The second-order valence-electron chi connectivity index (χ2n) is 7.27. The van der Waals surface area contributed by atoms with E-state index in [1.54, 1.807) is 0 Å². The van der Waals surface area contributed by atoms with Crippen LogP contribution in [0.25, 0.3) is 0 Å². The van der Waals surface area contributed by atoms with Crippen LogP contribution in [0.2, 0.25) is 0 Å². The monoisotopic (exact) mass is 395 g/mol. The number of hydrogen-bond donors (Lipinski definition) is 0. The van der Waals surface area contributed by atoms with Gasteiger partial charge in [0, 0.05) is 30.6 Å². The molecular formula is C18H26BrN3O2. The van der Waals surface area contributed by atoms with E-state index in [1.165, 1.54) is 0 Å². The van der Waals surface area contributed by atoms with Crippen LogP contribution in [0.3, 0.4) is 0 Å². The first-order valence-corrected chi connectivity index (χ1v) is 9.72. The second kappa shape index (κ2) is 6.98. The Morgan fingerprint density at radius 1 is 1.33 bits per heavy atom. The first kappa shape index (κ1) is 17.6. The second-order valence-corrected chi connectivity index (χ2v) is 8.07. The number of halogens is 1. The largest absolute Gasteiger partial charge is 0.338 e. The molecule has 0 radical (unpaired) electrons. The molecule has 24 heavy (non-hydrogen) atoms. The fraction of sp³-hybridized carbons (Fsp3) is 0.722. The van der Waals surface area contributed by atoms with Crippen LogP contribution in [0, 0.1) is 25.7 Å². The van der Waals surface area contributed by atoms with E-state index in [9.17, 15) is 9.59 Å². The summed E-state index contributed by atoms with van der Waals surface area (Å²) in [4.78, 5) is 27.2. The molecule has 0 aromatic carbocycles. The third-order valence-electron chi connectivity index (χ3n) is 5.59. The molecule has 2 fully saturated rings. The molecular weight excluding hydrogens is 370 g/mol. The molecule has 132 valence electrons. The van der Waals surface area contributed by atoms with Crippen LogP contribution in [0.1, 0.15) is 50.4 Å². The molecule has 3 atom stereocenters. The van der Waals surface area contributed by atoms with Gasteiger partial charge < -0.3 is 4.90 Å². The van der Waals surface area contributed by atoms with Gasteiger partial charge >= 0.3 is 0 Å². The first-order chi connectivity index (χ1) is 11.4. The van der Waals surface area contributed by atoms with E-state index < -0.39 is 0 Å². The molecule has 1 saturated carbocycles. The number of ketones is 1. The van der Waals surface area contributed by atoms with Crippen molar-refractivity contribution in [3.63, 3.8) is 0 Å². The van der Waals surface area contributed by atoms with Crippen LogP contribution in [-0.2, 0) is 16.1 Å². The summed E-state index contributed by atoms with van der Waals surface area (Å²) in [5, 5.41) is 4.52. The average Bonchev–Trinajstić information content (AvgIpc) is 2.82. The van der Waals surface area contributed by atoms with E-state index in [1.807, 2.05) is 30.4 Å². The summed E-state index contributed by atoms with van der Waals surface area (Å²) >= 11 is 3.54. The maximum atomic E-state index is 13.0. The summed E-state index contributed by atoms with van der Waals surface area (Å²) in [6.07, 6.45) is 4.68. The molecule has 1 aliphatic heterocycles. The molecule has 2 aliphatic rings. The number of rotatable bonds is 3. The topological polar surface area (TPSA) is 55.2 Å². The number of Topliss-reactive ketones (excluding diaryl/α,β-unsaturated/α-hetero) is 1. The van der Waals surface area contributed by atoms with Crippen LogP contribution < -0.4 is 0 Å². The minimum atomic E-state index is -0.134. The Morgan fingerprint density at radius 2 is 2.04 bits per heavy atom. The minimum absolute atomic E-state index is 0.0754. The number of hydrogen-bond acceptors (Lipinski definition) is 3. The molecule has 1 aromatic heterocycles. The maximum Gasteiger partial charge on any atom is 0.227 e. The van der Waals surface area contributed by atoms with Crippen molar-refractivity contribution in [2.24, 2.45) is 11.8 Å². The molecule has 1 saturated heterocycles. The third-order valence-corrected chi connectivity index (χ3v) is 6.73. The zero-order chi connectivity index (χ0) is 17.4. The molecule has 1 amide bonds. The highest BCUT2D eigenvalue weighted by Gasteiger charge is 2.41. The van der Waals surface area contributed by atoms with Gasteiger partial charge in [-0.2, -0.15) is 5.10 Å². The van der Waals surface area contributed by atoms with Gasteiger partial charge in [0.15, 0.2) is 0 Å². The molecule has 3 rings (SSSR count). The SMILES string of the molecule is Cc1nn(C[C@@H](C)C(=O)N2CCC(=O)[C@@H]3CCCC[C@@H]32)c(C)c1Br. The highest BCUT2D eigenvalue weighted by molar-refractivity contribution is 9.10. The normalized spacial score (nSPS) is 25.5. The van der Waals surface area contributed by atoms with E-state index in [-0.39, 0.29) is 23.8 Å². The van der Waals surface area contributed by atoms with Gasteiger partial charge in [-0.1, -0.05) is 19.8 Å². The lowest BCUT2D eigenvalue weighted by Crippen LogP contribution is -2.54. The predicted octanol–water partition coefficient (Wildman–Crippen LogP) is 3.26. The number of amides is 1. The van der Waals surface area contributed by atoms with Gasteiger partial charge in [0.2, 0.25) is 5.91 Å². The standard InChI is InChI=1S/C18H26BrN3O2/c1-11(10-22-13(3)17(19)12(2)20-22)18(24)21-9-8-16(23)14-6-4-5-7-15(14)21/h11,14-15H,4-10H2,1-3H3/t11-,14-,15+/m1/s1. The molecule has 0 spiro atoms. The molecule has 0 bridgehead atoms. The molecule has 1 aromatic rings. The number of aryl methyl sites for hydroxylation is 1. The molecule has 0 unspecified atom stereocenters. The van der Waals surface area contributed by atoms with Crippen LogP contribution in [-0.4, -0.2) is 39.0 Å². The van der Waals surface area contributed by atoms with Crippen molar-refractivity contribution >= 4 is 27.6 Å². The lowest BCUT2D eigenvalue weighted by molar-refractivity contribution is -0.146. The van der Waals surface area contributed by atoms with Gasteiger partial charge in [-0.3, -0.25) is 14.3 Å². The Bertz CT molecular complexity index is 655. The van der Waals surface area contributed by atoms with Gasteiger partial charge in [-0.25, -0.2) is 0 Å². The van der Waals surface area contributed by atoms with Crippen LogP contribution >= 0.6 is 15.9 Å². The van der Waals surface area contributed by atoms with Gasteiger partial charge in [0.1, 0.15) is 5.78 Å². The summed E-state index contributed by atoms with van der Waals surface area (Å²) in [6, 6.07) is 0.127. The number of fused-ring (bicyclic) bond motifs is 1. The number of likely N-dealkylation sites (tertiary alicyclic amines) is 1. The Morgan fingerprint density at radius 3 is 2.71 bits per heavy atom. The lowest BCUT2D eigenvalue weighted by Gasteiger charge is -2.44. The summed E-state index contributed by atoms with van der Waals surface area (Å²) in [5.41, 5.74) is 2.00. The van der Waals surface area contributed by atoms with Gasteiger partial charge in [-0.15, -0.1) is 0 Å². The van der Waals surface area contributed by atoms with Crippen molar-refractivity contribution in [2.45, 2.75) is 65.5 Å². The van der Waals surface area contributed by atoms with E-state index in [2.05, 4.69) is 21.0 Å². The van der Waals surface area contributed by atoms with E-state index in [4.69, 9.17) is 0 Å². The highest BCUT2D eigenvalue weighted by Crippen LogP contribution is 2.34. The Balaban J connectivity index is 1.72. The summed E-state index contributed by atoms with van der Waals surface area (Å²) < 4.78 is 2.92. The van der Waals surface area contributed by atoms with E-state index >= 15 is 0 Å². The zero-order valence-corrected chi connectivity index (χ0v) is 16.3. The third kappa shape index (κ3) is 3.17. The first-order valence-electron chi connectivity index (χ1n) is 8.93. The number of carbonyl (C=O) groups excluding carboxylic acids is 2. The summed E-state index contributed by atoms with van der Waals surface area (Å²) in [6.45, 7) is 7.12. The Hall–Kier alpha value is -1.17. The molecule has 6 heteroatoms. The molecule has 0 N–H and O–H groups in total. The maximum absolute atomic E-state index is 13.0. The fourth-order valence-corrected chi connectivity index (χ4v) is 4.47. The predicted molar refractivity (Wildman–Crippen MR) is 95.6 cm³/mol. The van der Waals surface area contributed by atoms with Gasteiger partial charge in [0.25, 0.3) is 0 Å². The van der Waals surface area contributed by atoms with Crippen LogP contribution in [0.5, 0.6) is 0 Å². The lowest BCUT2D eigenvalue weighted by atomic mass is 9.77. The molecule has 1 aliphatic carbocycles. The van der Waals surface area contributed by atoms with Crippen molar-refractivity contribution < 1.29 is 9.59 Å². The highest BCUT2D eigenvalue weighted by atomic mass is 79.9. The van der Waals surface area contributed by atoms with Crippen molar-refractivity contribution in [3.05, 3.63) is 15.9 Å². The minimum Gasteiger partial charge on any atom is -0.338 e. The number of aromatic nitrogens is 2. The van der Waals surface area contributed by atoms with Crippen molar-refractivity contribution in [1.29, 1.82) is 0 Å². The molecule has 2 heterocycles. The quantitative estimate of drug-likeness (QED) is 0.788. The van der Waals surface area contributed by atoms with Crippen LogP contribution in [0.4, 0.5) is 0 Å². The van der Waals surface area contributed by atoms with E-state index in [0.29, 0.717) is 25.3 Å². The van der Waals surface area contributed by atoms with Crippen molar-refractivity contribution in [2.75, 3.05) is 6.54 Å². The van der Waals surface area contributed by atoms with Crippen molar-refractivity contribution in [1.82, 2.24) is 14.7 Å². The average molecular weight is 396 g/mol. The molecule has 5 nitrogen and oxygen atoms in total. The smallest absolute Gasteiger partial charge is 0.227 e. The Kier molecular flexibility index (Phi) is 5.13. The number of piperidine rings is 1. The summed E-state index contributed by atoms with van der Waals surface area (Å²) in [5.74, 6) is 0.471. The van der Waals surface area contributed by atoms with E-state index in [0.717, 1.165) is 41.5 Å². The zero-order valence-electron chi connectivity index (χ0n) is 14.7. The van der Waals surface area contributed by atoms with Crippen LogP contribution in [0.15, 0.2) is 4.47 Å². The fourth-order valence-electron chi connectivity index (χ4n) is 4.19. The van der Waals surface area contributed by atoms with Gasteiger partial charge in [-0.05, 0) is 42.6 Å². The number of nitrogens with zero attached hydrogens (tertiary/aromatic N) is 3. The summed E-state index contributed by atoms with van der Waals surface area (Å²) in [7, 11) is 0. The van der Waals surface area contributed by atoms with Gasteiger partial charge in [0.05, 0.1) is 22.6 Å². The van der Waals surface area contributed by atoms with Crippen molar-refractivity contribution in [3.8, 4) is 0 Å². The Labute approximate surface area is 151 Å².